The van der Waals surface area contributed by atoms with Crippen molar-refractivity contribution in [3.63, 3.8) is 0 Å². The van der Waals surface area contributed by atoms with Gasteiger partial charge in [0, 0.05) is 7.05 Å². The number of likely N-dealkylation sites (N-methyl/N-ethyl adjacent to an activating group) is 1. The minimum Gasteiger partial charge on any atom is -0.504 e. The Kier molecular flexibility index (Phi) is 5.14. The van der Waals surface area contributed by atoms with Crippen LogP contribution in [0.5, 0.6) is 11.5 Å². The maximum absolute atomic E-state index is 12.0. The predicted molar refractivity (Wildman–Crippen MR) is 70.8 cm³/mol. The highest BCUT2D eigenvalue weighted by Crippen LogP contribution is 2.25. The molecule has 0 aliphatic carbocycles. The van der Waals surface area contributed by atoms with Crippen molar-refractivity contribution in [1.29, 1.82) is 0 Å². The summed E-state index contributed by atoms with van der Waals surface area (Å²) in [6.45, 7) is 1.59. The first-order chi connectivity index (χ1) is 8.86. The lowest BCUT2D eigenvalue weighted by atomic mass is 10.0. The van der Waals surface area contributed by atoms with Gasteiger partial charge in [-0.3, -0.25) is 4.79 Å². The van der Waals surface area contributed by atoms with Gasteiger partial charge in [0.25, 0.3) is 0 Å². The first-order valence-corrected chi connectivity index (χ1v) is 6.00. The van der Waals surface area contributed by atoms with Crippen LogP contribution in [-0.2, 0) is 11.2 Å². The zero-order valence-corrected chi connectivity index (χ0v) is 11.1. The molecule has 1 amide bonds. The van der Waals surface area contributed by atoms with Gasteiger partial charge in [0.2, 0.25) is 5.91 Å². The van der Waals surface area contributed by atoms with Crippen molar-refractivity contribution in [3.05, 3.63) is 23.8 Å². The second-order valence-electron chi connectivity index (χ2n) is 4.61. The summed E-state index contributed by atoms with van der Waals surface area (Å²) in [6, 6.07) is 3.26. The number of nitrogens with zero attached hydrogens (tertiary/aromatic N) is 1. The lowest BCUT2D eigenvalue weighted by Crippen LogP contribution is -2.47. The van der Waals surface area contributed by atoms with E-state index in [-0.39, 0.29) is 36.5 Å². The highest BCUT2D eigenvalue weighted by Gasteiger charge is 2.22. The van der Waals surface area contributed by atoms with Gasteiger partial charge >= 0.3 is 0 Å². The van der Waals surface area contributed by atoms with Crippen LogP contribution < -0.4 is 5.73 Å². The molecule has 1 rings (SSSR count). The number of aromatic hydroxyl groups is 2. The number of benzene rings is 1. The molecule has 0 spiro atoms. The van der Waals surface area contributed by atoms with E-state index in [2.05, 4.69) is 0 Å². The quantitative estimate of drug-likeness (QED) is 0.554. The molecule has 0 bridgehead atoms. The van der Waals surface area contributed by atoms with E-state index in [0.29, 0.717) is 5.56 Å². The van der Waals surface area contributed by atoms with Gasteiger partial charge in [0.15, 0.2) is 11.5 Å². The summed E-state index contributed by atoms with van der Waals surface area (Å²) in [4.78, 5) is 13.4. The van der Waals surface area contributed by atoms with Gasteiger partial charge in [0.1, 0.15) is 0 Å². The van der Waals surface area contributed by atoms with E-state index < -0.39 is 6.04 Å². The third kappa shape index (κ3) is 3.84. The zero-order valence-electron chi connectivity index (χ0n) is 11.1. The van der Waals surface area contributed by atoms with Crippen molar-refractivity contribution < 1.29 is 20.1 Å². The van der Waals surface area contributed by atoms with E-state index >= 15 is 0 Å². The fourth-order valence-electron chi connectivity index (χ4n) is 1.64. The van der Waals surface area contributed by atoms with E-state index in [1.807, 2.05) is 0 Å². The van der Waals surface area contributed by atoms with Crippen LogP contribution in [0.15, 0.2) is 18.2 Å². The van der Waals surface area contributed by atoms with Gasteiger partial charge in [-0.15, -0.1) is 0 Å². The number of rotatable bonds is 5. The molecule has 1 aromatic rings. The second kappa shape index (κ2) is 6.40. The Morgan fingerprint density at radius 1 is 1.37 bits per heavy atom. The minimum absolute atomic E-state index is 0.130. The van der Waals surface area contributed by atoms with Crippen LogP contribution in [0.2, 0.25) is 0 Å². The van der Waals surface area contributed by atoms with Gasteiger partial charge in [-0.2, -0.15) is 0 Å². The number of carbonyl (C=O) groups excluding carboxylic acids is 1. The second-order valence-corrected chi connectivity index (χ2v) is 4.61. The van der Waals surface area contributed by atoms with Crippen LogP contribution in [0.3, 0.4) is 0 Å². The maximum Gasteiger partial charge on any atom is 0.239 e. The number of aliphatic hydroxyl groups excluding tert-OH is 1. The van der Waals surface area contributed by atoms with Crippen LogP contribution in [0.4, 0.5) is 0 Å². The van der Waals surface area contributed by atoms with Crippen LogP contribution >= 0.6 is 0 Å². The zero-order chi connectivity index (χ0) is 14.6. The molecule has 1 aromatic carbocycles. The Hall–Kier alpha value is -1.79. The number of phenols is 2. The normalized spacial score (nSPS) is 13.9. The topological polar surface area (TPSA) is 107 Å². The summed E-state index contributed by atoms with van der Waals surface area (Å²) in [7, 11) is 1.58. The molecule has 19 heavy (non-hydrogen) atoms. The molecule has 106 valence electrons. The summed E-state index contributed by atoms with van der Waals surface area (Å²) in [5.41, 5.74) is 6.47. The summed E-state index contributed by atoms with van der Waals surface area (Å²) < 4.78 is 0. The van der Waals surface area contributed by atoms with Gasteiger partial charge < -0.3 is 26.0 Å². The Morgan fingerprint density at radius 2 is 2.00 bits per heavy atom. The van der Waals surface area contributed by atoms with Crippen molar-refractivity contribution >= 4 is 5.91 Å². The smallest absolute Gasteiger partial charge is 0.239 e. The number of phenolic OH excluding ortho intramolecular Hbond substituents is 2. The minimum atomic E-state index is -0.761. The average Bonchev–Trinajstić information content (AvgIpc) is 2.40. The van der Waals surface area contributed by atoms with Crippen molar-refractivity contribution in [3.8, 4) is 11.5 Å². The number of aliphatic hydroxyl groups is 1. The third-order valence-corrected chi connectivity index (χ3v) is 3.09. The van der Waals surface area contributed by atoms with Crippen molar-refractivity contribution in [2.24, 2.45) is 5.73 Å². The monoisotopic (exact) mass is 268 g/mol. The Morgan fingerprint density at radius 3 is 2.53 bits per heavy atom. The molecule has 6 heteroatoms. The highest BCUT2D eigenvalue weighted by atomic mass is 16.3. The van der Waals surface area contributed by atoms with Crippen molar-refractivity contribution in [2.45, 2.75) is 25.4 Å². The summed E-state index contributed by atoms with van der Waals surface area (Å²) >= 11 is 0. The summed E-state index contributed by atoms with van der Waals surface area (Å²) in [5, 5.41) is 27.6. The molecule has 0 saturated heterocycles. The Bertz CT molecular complexity index is 450. The molecule has 0 fully saturated rings. The first kappa shape index (κ1) is 15.3. The van der Waals surface area contributed by atoms with Crippen LogP contribution in [0, 0.1) is 0 Å². The molecule has 1 unspecified atom stereocenters. The third-order valence-electron chi connectivity index (χ3n) is 3.09. The molecule has 0 aromatic heterocycles. The largest absolute Gasteiger partial charge is 0.504 e. The van der Waals surface area contributed by atoms with Crippen LogP contribution in [0.1, 0.15) is 12.5 Å². The first-order valence-electron chi connectivity index (χ1n) is 6.00. The number of hydrogen-bond donors (Lipinski definition) is 4. The Balaban J connectivity index is 2.70. The predicted octanol–water partition coefficient (Wildman–Crippen LogP) is -0.193. The number of amides is 1. The molecule has 0 heterocycles. The van der Waals surface area contributed by atoms with Gasteiger partial charge in [-0.25, -0.2) is 0 Å². The molecule has 0 radical (unpaired) electrons. The summed E-state index contributed by atoms with van der Waals surface area (Å²) in [5.74, 6) is -0.738. The molecule has 2 atom stereocenters. The molecular weight excluding hydrogens is 248 g/mol. The molecular formula is C13H20N2O4. The molecule has 5 N–H and O–H groups in total. The lowest BCUT2D eigenvalue weighted by Gasteiger charge is -2.26. The SMILES string of the molecule is CC(CO)N(C)C(=O)[C@@H](N)Cc1ccc(O)c(O)c1. The lowest BCUT2D eigenvalue weighted by molar-refractivity contribution is -0.133. The number of carbonyl (C=O) groups is 1. The van der Waals surface area contributed by atoms with E-state index in [4.69, 9.17) is 10.8 Å². The molecule has 0 aliphatic heterocycles. The van der Waals surface area contributed by atoms with Crippen LogP contribution in [-0.4, -0.2) is 51.9 Å². The fourth-order valence-corrected chi connectivity index (χ4v) is 1.64. The average molecular weight is 268 g/mol. The van der Waals surface area contributed by atoms with Gasteiger partial charge in [-0.05, 0) is 31.0 Å². The highest BCUT2D eigenvalue weighted by molar-refractivity contribution is 5.82. The van der Waals surface area contributed by atoms with Gasteiger partial charge in [-0.1, -0.05) is 6.07 Å². The number of hydrogen-bond acceptors (Lipinski definition) is 5. The molecule has 6 nitrogen and oxygen atoms in total. The van der Waals surface area contributed by atoms with E-state index in [1.54, 1.807) is 20.0 Å². The molecule has 0 aliphatic rings. The maximum atomic E-state index is 12.0. The standard InChI is InChI=1S/C13H20N2O4/c1-8(7-16)15(2)13(19)10(14)5-9-3-4-11(17)12(18)6-9/h3-4,6,8,10,16-18H,5,7,14H2,1-2H3/t8?,10-/m0/s1. The Labute approximate surface area is 112 Å². The van der Waals surface area contributed by atoms with E-state index in [1.165, 1.54) is 17.0 Å². The van der Waals surface area contributed by atoms with Crippen molar-refractivity contribution in [1.82, 2.24) is 4.90 Å². The summed E-state index contributed by atoms with van der Waals surface area (Å²) in [6.07, 6.45) is 0.245. The van der Waals surface area contributed by atoms with Crippen LogP contribution in [0.25, 0.3) is 0 Å². The van der Waals surface area contributed by atoms with Gasteiger partial charge in [0.05, 0.1) is 18.7 Å². The van der Waals surface area contributed by atoms with E-state index in [9.17, 15) is 15.0 Å². The molecule has 0 saturated carbocycles. The van der Waals surface area contributed by atoms with E-state index in [0.717, 1.165) is 0 Å². The number of nitrogens with two attached hydrogens (primary N) is 1. The van der Waals surface area contributed by atoms with Crippen molar-refractivity contribution in [2.75, 3.05) is 13.7 Å². The fraction of sp³-hybridized carbons (Fsp3) is 0.462.